The van der Waals surface area contributed by atoms with E-state index >= 15 is 0 Å². The van der Waals surface area contributed by atoms with Gasteiger partial charge in [-0.05, 0) is 55.5 Å². The smallest absolute Gasteiger partial charge is 0.416 e. The first-order valence-corrected chi connectivity index (χ1v) is 12.6. The number of aryl methyl sites for hydroxylation is 1. The molecule has 0 unspecified atom stereocenters. The fourth-order valence-electron chi connectivity index (χ4n) is 4.23. The van der Waals surface area contributed by atoms with Crippen LogP contribution in [-0.2, 0) is 16.2 Å². The molecule has 2 aliphatic heterocycles. The van der Waals surface area contributed by atoms with Gasteiger partial charge >= 0.3 is 6.18 Å². The predicted molar refractivity (Wildman–Crippen MR) is 126 cm³/mol. The third-order valence-electron chi connectivity index (χ3n) is 6.08. The Morgan fingerprint density at radius 2 is 1.64 bits per heavy atom. The minimum atomic E-state index is -4.54. The normalized spacial score (nSPS) is 16.5. The molecule has 3 aromatic carbocycles. The van der Waals surface area contributed by atoms with Crippen LogP contribution in [0.15, 0.2) is 70.6 Å². The second-order valence-electron chi connectivity index (χ2n) is 8.57. The Balaban J connectivity index is 1.49. The lowest BCUT2D eigenvalue weighted by atomic mass is 10.1. The van der Waals surface area contributed by atoms with Crippen molar-refractivity contribution in [3.05, 3.63) is 83.2 Å². The molecule has 0 aliphatic carbocycles. The number of ether oxygens (including phenoxy) is 1. The number of sulfonamides is 1. The van der Waals surface area contributed by atoms with E-state index in [1.807, 2.05) is 24.0 Å². The van der Waals surface area contributed by atoms with Gasteiger partial charge in [0.05, 0.1) is 16.0 Å². The Morgan fingerprint density at radius 1 is 0.917 bits per heavy atom. The van der Waals surface area contributed by atoms with E-state index in [2.05, 4.69) is 4.99 Å². The number of halogens is 4. The highest BCUT2D eigenvalue weighted by Gasteiger charge is 2.34. The van der Waals surface area contributed by atoms with Gasteiger partial charge in [-0.25, -0.2) is 17.8 Å². The molecule has 0 bridgehead atoms. The van der Waals surface area contributed by atoms with Crippen LogP contribution in [0.5, 0.6) is 11.5 Å². The van der Waals surface area contributed by atoms with Gasteiger partial charge in [0.15, 0.2) is 5.75 Å². The van der Waals surface area contributed by atoms with Crippen LogP contribution in [0.4, 0.5) is 23.2 Å². The number of nitrogens with zero attached hydrogens (tertiary/aromatic N) is 3. The van der Waals surface area contributed by atoms with Crippen molar-refractivity contribution in [2.75, 3.05) is 26.2 Å². The maximum absolute atomic E-state index is 13.6. The van der Waals surface area contributed by atoms with E-state index < -0.39 is 27.6 Å². The summed E-state index contributed by atoms with van der Waals surface area (Å²) in [5.74, 6) is 0.379. The number of alkyl halides is 3. The van der Waals surface area contributed by atoms with Crippen LogP contribution in [0.1, 0.15) is 16.7 Å². The zero-order chi connectivity index (χ0) is 25.7. The molecule has 188 valence electrons. The topological polar surface area (TPSA) is 62.2 Å². The molecule has 36 heavy (non-hydrogen) atoms. The van der Waals surface area contributed by atoms with Crippen molar-refractivity contribution in [3.63, 3.8) is 0 Å². The molecular weight excluding hydrogens is 498 g/mol. The Labute approximate surface area is 205 Å². The summed E-state index contributed by atoms with van der Waals surface area (Å²) in [7, 11) is -3.91. The van der Waals surface area contributed by atoms with Gasteiger partial charge in [0.2, 0.25) is 10.0 Å². The number of hydrogen-bond acceptors (Lipinski definition) is 5. The van der Waals surface area contributed by atoms with Gasteiger partial charge in [0.25, 0.3) is 0 Å². The van der Waals surface area contributed by atoms with Crippen molar-refractivity contribution in [1.82, 2.24) is 9.21 Å². The summed E-state index contributed by atoms with van der Waals surface area (Å²) in [6.07, 6.45) is -4.54. The average Bonchev–Trinajstić information content (AvgIpc) is 2.99. The molecule has 0 aromatic heterocycles. The van der Waals surface area contributed by atoms with Crippen molar-refractivity contribution in [2.45, 2.75) is 18.0 Å². The highest BCUT2D eigenvalue weighted by molar-refractivity contribution is 7.89. The van der Waals surface area contributed by atoms with E-state index in [-0.39, 0.29) is 42.5 Å². The van der Waals surface area contributed by atoms with Gasteiger partial charge in [-0.3, -0.25) is 0 Å². The molecule has 5 rings (SSSR count). The third kappa shape index (κ3) is 4.56. The lowest BCUT2D eigenvalue weighted by Crippen LogP contribution is -2.50. The van der Waals surface area contributed by atoms with Gasteiger partial charge < -0.3 is 9.64 Å². The summed E-state index contributed by atoms with van der Waals surface area (Å²) >= 11 is 0. The molecule has 0 saturated carbocycles. The van der Waals surface area contributed by atoms with Gasteiger partial charge in [-0.2, -0.15) is 17.5 Å². The first-order valence-electron chi connectivity index (χ1n) is 11.1. The zero-order valence-electron chi connectivity index (χ0n) is 19.1. The maximum Gasteiger partial charge on any atom is 0.416 e. The predicted octanol–water partition coefficient (Wildman–Crippen LogP) is 5.34. The largest absolute Gasteiger partial charge is 0.454 e. The molecule has 6 nitrogen and oxygen atoms in total. The van der Waals surface area contributed by atoms with Crippen LogP contribution in [0.3, 0.4) is 0 Å². The van der Waals surface area contributed by atoms with Crippen LogP contribution in [0.25, 0.3) is 0 Å². The summed E-state index contributed by atoms with van der Waals surface area (Å²) in [5.41, 5.74) is 0.685. The van der Waals surface area contributed by atoms with Gasteiger partial charge in [0, 0.05) is 26.2 Å². The summed E-state index contributed by atoms with van der Waals surface area (Å²) < 4.78 is 86.9. The molecule has 0 amide bonds. The molecule has 3 aromatic rings. The third-order valence-corrected chi connectivity index (χ3v) is 7.98. The Morgan fingerprint density at radius 3 is 2.33 bits per heavy atom. The molecule has 0 atom stereocenters. The van der Waals surface area contributed by atoms with E-state index in [9.17, 15) is 26.0 Å². The molecule has 0 radical (unpaired) electrons. The standard InChI is InChI=1S/C25H21F4N3O3S/c1-16-5-7-22-20(13-16)24(30-21-14-17(25(27,28)29)6-8-23(21)35-22)31-9-11-32(12-10-31)36(33,34)19-4-2-3-18(26)15-19/h2-8,13-15H,9-12H2,1H3. The highest BCUT2D eigenvalue weighted by Crippen LogP contribution is 2.42. The Hall–Kier alpha value is -3.44. The molecule has 0 spiro atoms. The van der Waals surface area contributed by atoms with Crippen molar-refractivity contribution in [3.8, 4) is 11.5 Å². The number of aliphatic imine (C=N–C) groups is 1. The Kier molecular flexibility index (Phi) is 6.00. The fourth-order valence-corrected chi connectivity index (χ4v) is 5.68. The number of piperazine rings is 1. The first kappa shape index (κ1) is 24.3. The van der Waals surface area contributed by atoms with Crippen LogP contribution in [0.2, 0.25) is 0 Å². The molecule has 2 heterocycles. The van der Waals surface area contributed by atoms with Gasteiger partial charge in [0.1, 0.15) is 23.1 Å². The van der Waals surface area contributed by atoms with Crippen LogP contribution < -0.4 is 4.74 Å². The van der Waals surface area contributed by atoms with Crippen molar-refractivity contribution in [1.29, 1.82) is 0 Å². The number of rotatable bonds is 2. The van der Waals surface area contributed by atoms with Crippen molar-refractivity contribution >= 4 is 21.5 Å². The van der Waals surface area contributed by atoms with E-state index in [4.69, 9.17) is 4.74 Å². The quantitative estimate of drug-likeness (QED) is 0.429. The summed E-state index contributed by atoms with van der Waals surface area (Å²) in [6.45, 7) is 2.52. The fraction of sp³-hybridized carbons (Fsp3) is 0.240. The van der Waals surface area contributed by atoms with E-state index in [1.165, 1.54) is 28.6 Å². The summed E-state index contributed by atoms with van der Waals surface area (Å²) in [5, 5.41) is 0. The first-order chi connectivity index (χ1) is 17.0. The van der Waals surface area contributed by atoms with E-state index in [0.717, 1.165) is 23.8 Å². The van der Waals surface area contributed by atoms with Crippen LogP contribution in [-0.4, -0.2) is 49.6 Å². The summed E-state index contributed by atoms with van der Waals surface area (Å²) in [4.78, 5) is 6.27. The van der Waals surface area contributed by atoms with Crippen molar-refractivity contribution < 1.29 is 30.7 Å². The van der Waals surface area contributed by atoms with E-state index in [1.54, 1.807) is 6.07 Å². The summed E-state index contributed by atoms with van der Waals surface area (Å²) in [6, 6.07) is 13.4. The monoisotopic (exact) mass is 519 g/mol. The molecule has 0 N–H and O–H groups in total. The SMILES string of the molecule is Cc1ccc2c(c1)C(N1CCN(S(=O)(=O)c3cccc(F)c3)CC1)=Nc1cc(C(F)(F)F)ccc1O2. The zero-order valence-corrected chi connectivity index (χ0v) is 19.9. The van der Waals surface area contributed by atoms with Gasteiger partial charge in [-0.15, -0.1) is 0 Å². The number of benzene rings is 3. The second-order valence-corrected chi connectivity index (χ2v) is 10.5. The van der Waals surface area contributed by atoms with Crippen LogP contribution >= 0.6 is 0 Å². The Bertz CT molecular complexity index is 1460. The number of amidine groups is 1. The minimum Gasteiger partial charge on any atom is -0.454 e. The van der Waals surface area contributed by atoms with Crippen LogP contribution in [0, 0.1) is 12.7 Å². The number of hydrogen-bond donors (Lipinski definition) is 0. The lowest BCUT2D eigenvalue weighted by molar-refractivity contribution is -0.137. The maximum atomic E-state index is 13.6. The molecule has 2 aliphatic rings. The minimum absolute atomic E-state index is 0.0310. The van der Waals surface area contributed by atoms with E-state index in [0.29, 0.717) is 17.1 Å². The molecular formula is C25H21F4N3O3S. The highest BCUT2D eigenvalue weighted by atomic mass is 32.2. The lowest BCUT2D eigenvalue weighted by Gasteiger charge is -2.36. The molecule has 1 fully saturated rings. The molecule has 11 heteroatoms. The molecule has 1 saturated heterocycles. The van der Waals surface area contributed by atoms with Crippen molar-refractivity contribution in [2.24, 2.45) is 4.99 Å². The average molecular weight is 520 g/mol. The second kappa shape index (κ2) is 8.90. The van der Waals surface area contributed by atoms with Gasteiger partial charge in [-0.1, -0.05) is 17.7 Å². The number of fused-ring (bicyclic) bond motifs is 2.